The smallest absolute Gasteiger partial charge is 0.191 e. The van der Waals surface area contributed by atoms with Gasteiger partial charge in [-0.25, -0.2) is 0 Å². The number of ether oxygens (including phenoxy) is 2. The van der Waals surface area contributed by atoms with Crippen LogP contribution in [0.5, 0.6) is 5.75 Å². The van der Waals surface area contributed by atoms with Crippen LogP contribution in [0, 0.1) is 5.92 Å². The first-order valence-corrected chi connectivity index (χ1v) is 7.04. The Hall–Kier alpha value is -1.35. The first kappa shape index (κ1) is 14.1. The van der Waals surface area contributed by atoms with Gasteiger partial charge >= 0.3 is 0 Å². The first-order chi connectivity index (χ1) is 9.11. The van der Waals surface area contributed by atoms with E-state index in [1.807, 2.05) is 45.0 Å². The number of hydrogen-bond donors (Lipinski definition) is 0. The van der Waals surface area contributed by atoms with Crippen LogP contribution in [-0.2, 0) is 4.74 Å². The van der Waals surface area contributed by atoms with Gasteiger partial charge < -0.3 is 9.47 Å². The van der Waals surface area contributed by atoms with Gasteiger partial charge in [0, 0.05) is 12.2 Å². The molecule has 0 amide bonds. The quantitative estimate of drug-likeness (QED) is 0.706. The molecule has 0 N–H and O–H groups in total. The largest absolute Gasteiger partial charge is 0.491 e. The van der Waals surface area contributed by atoms with Crippen LogP contribution < -0.4 is 4.74 Å². The predicted molar refractivity (Wildman–Crippen MR) is 74.7 cm³/mol. The molecule has 1 aliphatic rings. The number of ketones is 1. The van der Waals surface area contributed by atoms with Crippen molar-refractivity contribution in [3.05, 3.63) is 29.8 Å². The van der Waals surface area contributed by atoms with E-state index in [1.165, 1.54) is 0 Å². The molecule has 1 atom stereocenters. The summed E-state index contributed by atoms with van der Waals surface area (Å²) in [5, 5.41) is 0. The second-order valence-corrected chi connectivity index (χ2v) is 5.27. The fourth-order valence-corrected chi connectivity index (χ4v) is 2.16. The normalized spacial score (nSPS) is 16.4. The average molecular weight is 262 g/mol. The molecule has 0 aliphatic heterocycles. The van der Waals surface area contributed by atoms with E-state index in [2.05, 4.69) is 0 Å². The Labute approximate surface area is 114 Å². The molecule has 2 rings (SSSR count). The third kappa shape index (κ3) is 3.80. The van der Waals surface area contributed by atoms with Crippen molar-refractivity contribution in [3.8, 4) is 5.75 Å². The van der Waals surface area contributed by atoms with E-state index in [0.717, 1.165) is 18.6 Å². The monoisotopic (exact) mass is 262 g/mol. The minimum Gasteiger partial charge on any atom is -0.491 e. The van der Waals surface area contributed by atoms with Gasteiger partial charge in [0.15, 0.2) is 5.78 Å². The second-order valence-electron chi connectivity index (χ2n) is 5.27. The van der Waals surface area contributed by atoms with E-state index in [1.54, 1.807) is 0 Å². The van der Waals surface area contributed by atoms with Crippen molar-refractivity contribution in [3.63, 3.8) is 0 Å². The highest BCUT2D eigenvalue weighted by Crippen LogP contribution is 2.36. The number of benzene rings is 1. The molecule has 1 aliphatic carbocycles. The summed E-state index contributed by atoms with van der Waals surface area (Å²) >= 11 is 0. The van der Waals surface area contributed by atoms with Crippen LogP contribution in [-0.4, -0.2) is 24.6 Å². The molecular weight excluding hydrogens is 240 g/mol. The van der Waals surface area contributed by atoms with Crippen LogP contribution in [0.25, 0.3) is 0 Å². The van der Waals surface area contributed by atoms with E-state index < -0.39 is 0 Å². The summed E-state index contributed by atoms with van der Waals surface area (Å²) in [6.07, 6.45) is 2.02. The molecule has 0 aromatic heterocycles. The van der Waals surface area contributed by atoms with Crippen molar-refractivity contribution < 1.29 is 14.3 Å². The van der Waals surface area contributed by atoms with Gasteiger partial charge in [0.25, 0.3) is 0 Å². The zero-order valence-corrected chi connectivity index (χ0v) is 11.9. The molecular formula is C16H22O3. The number of hydrogen-bond acceptors (Lipinski definition) is 3. The molecule has 0 bridgehead atoms. The zero-order valence-electron chi connectivity index (χ0n) is 11.9. The third-order valence-corrected chi connectivity index (χ3v) is 3.15. The molecule has 0 heterocycles. The van der Waals surface area contributed by atoms with Gasteiger partial charge in [-0.15, -0.1) is 0 Å². The lowest BCUT2D eigenvalue weighted by molar-refractivity contribution is 0.0374. The molecule has 19 heavy (non-hydrogen) atoms. The number of Topliss-reactive ketones (excluding diaryl/α,β-unsaturated/α-hetero) is 1. The summed E-state index contributed by atoms with van der Waals surface area (Å²) in [4.78, 5) is 12.5. The first-order valence-electron chi connectivity index (χ1n) is 7.04. The fraction of sp³-hybridized carbons (Fsp3) is 0.562. The Morgan fingerprint density at radius 3 is 2.68 bits per heavy atom. The van der Waals surface area contributed by atoms with Crippen molar-refractivity contribution in [1.29, 1.82) is 0 Å². The van der Waals surface area contributed by atoms with Gasteiger partial charge in [-0.1, -0.05) is 12.1 Å². The summed E-state index contributed by atoms with van der Waals surface area (Å²) in [5.41, 5.74) is 0.684. The van der Waals surface area contributed by atoms with E-state index in [-0.39, 0.29) is 18.0 Å². The molecule has 3 heteroatoms. The molecule has 1 aromatic rings. The lowest BCUT2D eigenvalue weighted by atomic mass is 10.0. The van der Waals surface area contributed by atoms with E-state index in [0.29, 0.717) is 18.1 Å². The van der Waals surface area contributed by atoms with Crippen LogP contribution in [0.2, 0.25) is 0 Å². The highest BCUT2D eigenvalue weighted by Gasteiger charge is 2.37. The van der Waals surface area contributed by atoms with E-state index in [9.17, 15) is 4.79 Å². The Bertz CT molecular complexity index is 435. The number of rotatable bonds is 7. The van der Waals surface area contributed by atoms with Crippen LogP contribution in [0.15, 0.2) is 24.3 Å². The second kappa shape index (κ2) is 6.20. The van der Waals surface area contributed by atoms with E-state index in [4.69, 9.17) is 9.47 Å². The standard InChI is InChI=1S/C16H22O3/c1-4-18-16(12-8-9-12)15(17)13-6-5-7-14(10-13)19-11(2)3/h5-7,10-12,16H,4,8-9H2,1-3H3. The summed E-state index contributed by atoms with van der Waals surface area (Å²) in [7, 11) is 0. The average Bonchev–Trinajstić information content (AvgIpc) is 3.19. The Morgan fingerprint density at radius 1 is 1.37 bits per heavy atom. The maximum atomic E-state index is 12.5. The fourth-order valence-electron chi connectivity index (χ4n) is 2.16. The Morgan fingerprint density at radius 2 is 2.11 bits per heavy atom. The van der Waals surface area contributed by atoms with Crippen LogP contribution in [0.1, 0.15) is 44.0 Å². The van der Waals surface area contributed by atoms with Gasteiger partial charge in [0.1, 0.15) is 11.9 Å². The molecule has 0 radical (unpaired) electrons. The highest BCUT2D eigenvalue weighted by molar-refractivity contribution is 6.00. The predicted octanol–water partition coefficient (Wildman–Crippen LogP) is 3.47. The molecule has 1 aromatic carbocycles. The maximum absolute atomic E-state index is 12.5. The summed E-state index contributed by atoms with van der Waals surface area (Å²) in [6.45, 7) is 6.46. The molecule has 1 unspecified atom stereocenters. The van der Waals surface area contributed by atoms with E-state index >= 15 is 0 Å². The summed E-state index contributed by atoms with van der Waals surface area (Å²) < 4.78 is 11.2. The highest BCUT2D eigenvalue weighted by atomic mass is 16.5. The molecule has 104 valence electrons. The lowest BCUT2D eigenvalue weighted by Gasteiger charge is -2.16. The van der Waals surface area contributed by atoms with Gasteiger partial charge in [0.2, 0.25) is 0 Å². The van der Waals surface area contributed by atoms with Crippen molar-refractivity contribution in [2.45, 2.75) is 45.8 Å². The van der Waals surface area contributed by atoms with Gasteiger partial charge in [-0.3, -0.25) is 4.79 Å². The molecule has 1 fully saturated rings. The van der Waals surface area contributed by atoms with Gasteiger partial charge in [-0.2, -0.15) is 0 Å². The van der Waals surface area contributed by atoms with Gasteiger partial charge in [0.05, 0.1) is 6.10 Å². The third-order valence-electron chi connectivity index (χ3n) is 3.15. The topological polar surface area (TPSA) is 35.5 Å². The lowest BCUT2D eigenvalue weighted by Crippen LogP contribution is -2.26. The van der Waals surface area contributed by atoms with Crippen molar-refractivity contribution in [1.82, 2.24) is 0 Å². The minimum absolute atomic E-state index is 0.0820. The number of carbonyl (C=O) groups excluding carboxylic acids is 1. The Balaban J connectivity index is 2.12. The Kier molecular flexibility index (Phi) is 4.59. The molecule has 0 spiro atoms. The van der Waals surface area contributed by atoms with Crippen molar-refractivity contribution in [2.24, 2.45) is 5.92 Å². The van der Waals surface area contributed by atoms with Gasteiger partial charge in [-0.05, 0) is 51.7 Å². The zero-order chi connectivity index (χ0) is 13.8. The van der Waals surface area contributed by atoms with Crippen molar-refractivity contribution >= 4 is 5.78 Å². The van der Waals surface area contributed by atoms with Crippen LogP contribution in [0.3, 0.4) is 0 Å². The number of carbonyl (C=O) groups is 1. The SMILES string of the molecule is CCOC(C(=O)c1cccc(OC(C)C)c1)C1CC1. The van der Waals surface area contributed by atoms with Crippen LogP contribution >= 0.6 is 0 Å². The minimum atomic E-state index is -0.278. The maximum Gasteiger partial charge on any atom is 0.191 e. The molecule has 3 nitrogen and oxygen atoms in total. The van der Waals surface area contributed by atoms with Crippen molar-refractivity contribution in [2.75, 3.05) is 6.61 Å². The van der Waals surface area contributed by atoms with Crippen LogP contribution in [0.4, 0.5) is 0 Å². The molecule has 0 saturated heterocycles. The summed E-state index contributed by atoms with van der Waals surface area (Å²) in [6, 6.07) is 7.39. The summed E-state index contributed by atoms with van der Waals surface area (Å²) in [5.74, 6) is 1.23. The molecule has 1 saturated carbocycles.